The first-order valence-corrected chi connectivity index (χ1v) is 4.60. The second kappa shape index (κ2) is 4.05. The molecule has 0 amide bonds. The van der Waals surface area contributed by atoms with Crippen molar-refractivity contribution in [2.24, 2.45) is 0 Å². The fourth-order valence-corrected chi connectivity index (χ4v) is 1.78. The number of rotatable bonds is 3. The second-order valence-electron chi connectivity index (χ2n) is 3.57. The van der Waals surface area contributed by atoms with Gasteiger partial charge >= 0.3 is 0 Å². The summed E-state index contributed by atoms with van der Waals surface area (Å²) in [6, 6.07) is 0. The highest BCUT2D eigenvalue weighted by molar-refractivity contribution is 4.82. The summed E-state index contributed by atoms with van der Waals surface area (Å²) in [5.41, 5.74) is -0.832. The van der Waals surface area contributed by atoms with Crippen molar-refractivity contribution < 1.29 is 4.39 Å². The maximum Gasteiger partial charge on any atom is 0.112 e. The Morgan fingerprint density at radius 2 is 1.91 bits per heavy atom. The van der Waals surface area contributed by atoms with Gasteiger partial charge in [-0.15, -0.1) is 0 Å². The van der Waals surface area contributed by atoms with Gasteiger partial charge < -0.3 is 5.32 Å². The van der Waals surface area contributed by atoms with Crippen molar-refractivity contribution in [1.82, 2.24) is 5.32 Å². The summed E-state index contributed by atoms with van der Waals surface area (Å²) in [5.74, 6) is 0. The Kier molecular flexibility index (Phi) is 3.31. The predicted molar refractivity (Wildman–Crippen MR) is 45.5 cm³/mol. The standard InChI is InChI=1S/C9H18FN/c1-11-8-7-9(10)5-3-2-4-6-9/h11H,2-8H2,1H3. The lowest BCUT2D eigenvalue weighted by Gasteiger charge is -2.29. The predicted octanol–water partition coefficient (Wildman–Crippen LogP) is 2.27. The zero-order chi connectivity index (χ0) is 8.16. The molecule has 0 atom stereocenters. The Hall–Kier alpha value is -0.110. The van der Waals surface area contributed by atoms with Crippen molar-refractivity contribution in [3.05, 3.63) is 0 Å². The minimum atomic E-state index is -0.832. The molecule has 0 aliphatic heterocycles. The van der Waals surface area contributed by atoms with Crippen LogP contribution in [0.25, 0.3) is 0 Å². The van der Waals surface area contributed by atoms with E-state index >= 15 is 0 Å². The van der Waals surface area contributed by atoms with Gasteiger partial charge in [-0.3, -0.25) is 0 Å². The van der Waals surface area contributed by atoms with Gasteiger partial charge in [0, 0.05) is 0 Å². The molecule has 0 radical (unpaired) electrons. The van der Waals surface area contributed by atoms with Gasteiger partial charge in [0.2, 0.25) is 0 Å². The third kappa shape index (κ3) is 2.78. The molecule has 0 unspecified atom stereocenters. The van der Waals surface area contributed by atoms with Crippen LogP contribution in [0.15, 0.2) is 0 Å². The molecule has 2 heteroatoms. The van der Waals surface area contributed by atoms with E-state index in [0.717, 1.165) is 32.2 Å². The van der Waals surface area contributed by atoms with Crippen LogP contribution in [0.4, 0.5) is 4.39 Å². The van der Waals surface area contributed by atoms with E-state index in [4.69, 9.17) is 0 Å². The number of hydrogen-bond acceptors (Lipinski definition) is 1. The number of alkyl halides is 1. The van der Waals surface area contributed by atoms with E-state index < -0.39 is 5.67 Å². The molecule has 1 saturated carbocycles. The molecule has 1 rings (SSSR count). The summed E-state index contributed by atoms with van der Waals surface area (Å²) in [5, 5.41) is 3.00. The number of nitrogens with one attached hydrogen (secondary N) is 1. The number of halogens is 1. The van der Waals surface area contributed by atoms with Gasteiger partial charge in [-0.1, -0.05) is 19.3 Å². The van der Waals surface area contributed by atoms with Crippen LogP contribution in [0.2, 0.25) is 0 Å². The van der Waals surface area contributed by atoms with E-state index in [0.29, 0.717) is 6.42 Å². The minimum Gasteiger partial charge on any atom is -0.320 e. The average molecular weight is 159 g/mol. The highest BCUT2D eigenvalue weighted by Crippen LogP contribution is 2.34. The van der Waals surface area contributed by atoms with Crippen molar-refractivity contribution >= 4 is 0 Å². The summed E-state index contributed by atoms with van der Waals surface area (Å²) in [6.07, 6.45) is 5.67. The molecule has 0 aromatic heterocycles. The van der Waals surface area contributed by atoms with Crippen LogP contribution >= 0.6 is 0 Å². The monoisotopic (exact) mass is 159 g/mol. The maximum absolute atomic E-state index is 13.7. The molecule has 1 aliphatic rings. The van der Waals surface area contributed by atoms with Crippen molar-refractivity contribution in [2.75, 3.05) is 13.6 Å². The lowest BCUT2D eigenvalue weighted by atomic mass is 9.84. The Morgan fingerprint density at radius 1 is 1.27 bits per heavy atom. The van der Waals surface area contributed by atoms with Crippen LogP contribution in [0.1, 0.15) is 38.5 Å². The van der Waals surface area contributed by atoms with Crippen molar-refractivity contribution in [3.63, 3.8) is 0 Å². The van der Waals surface area contributed by atoms with E-state index in [1.165, 1.54) is 6.42 Å². The zero-order valence-corrected chi connectivity index (χ0v) is 7.33. The lowest BCUT2D eigenvalue weighted by Crippen LogP contribution is -2.29. The minimum absolute atomic E-state index is 0.698. The third-order valence-electron chi connectivity index (χ3n) is 2.57. The van der Waals surface area contributed by atoms with E-state index in [1.807, 2.05) is 7.05 Å². The van der Waals surface area contributed by atoms with Crippen molar-refractivity contribution in [1.29, 1.82) is 0 Å². The Labute approximate surface area is 68.4 Å². The molecular weight excluding hydrogens is 141 g/mol. The molecule has 1 N–H and O–H groups in total. The fraction of sp³-hybridized carbons (Fsp3) is 1.00. The molecule has 0 heterocycles. The summed E-state index contributed by atoms with van der Waals surface area (Å²) < 4.78 is 13.7. The molecule has 1 fully saturated rings. The molecule has 11 heavy (non-hydrogen) atoms. The maximum atomic E-state index is 13.7. The largest absolute Gasteiger partial charge is 0.320 e. The first kappa shape index (κ1) is 8.98. The third-order valence-corrected chi connectivity index (χ3v) is 2.57. The molecule has 0 saturated heterocycles. The van der Waals surface area contributed by atoms with E-state index in [-0.39, 0.29) is 0 Å². The molecule has 0 bridgehead atoms. The summed E-state index contributed by atoms with van der Waals surface area (Å²) >= 11 is 0. The zero-order valence-electron chi connectivity index (χ0n) is 7.33. The fourth-order valence-electron chi connectivity index (χ4n) is 1.78. The van der Waals surface area contributed by atoms with E-state index in [9.17, 15) is 4.39 Å². The normalized spacial score (nSPS) is 23.5. The molecular formula is C9H18FN. The average Bonchev–Trinajstić information content (AvgIpc) is 2.03. The van der Waals surface area contributed by atoms with Crippen LogP contribution in [0.3, 0.4) is 0 Å². The topological polar surface area (TPSA) is 12.0 Å². The Morgan fingerprint density at radius 3 is 2.45 bits per heavy atom. The van der Waals surface area contributed by atoms with Gasteiger partial charge in [0.05, 0.1) is 0 Å². The van der Waals surface area contributed by atoms with Gasteiger partial charge in [-0.25, -0.2) is 4.39 Å². The van der Waals surface area contributed by atoms with Gasteiger partial charge in [0.15, 0.2) is 0 Å². The van der Waals surface area contributed by atoms with Gasteiger partial charge in [0.1, 0.15) is 5.67 Å². The summed E-state index contributed by atoms with van der Waals surface area (Å²) in [6.45, 7) is 0.816. The number of hydrogen-bond donors (Lipinski definition) is 1. The molecule has 66 valence electrons. The van der Waals surface area contributed by atoms with Crippen molar-refractivity contribution in [3.8, 4) is 0 Å². The molecule has 0 aromatic carbocycles. The first-order valence-electron chi connectivity index (χ1n) is 4.60. The highest BCUT2D eigenvalue weighted by atomic mass is 19.1. The van der Waals surface area contributed by atoms with Gasteiger partial charge in [-0.05, 0) is 32.9 Å². The first-order chi connectivity index (χ1) is 5.27. The van der Waals surface area contributed by atoms with Crippen LogP contribution in [0.5, 0.6) is 0 Å². The molecule has 1 nitrogen and oxygen atoms in total. The van der Waals surface area contributed by atoms with E-state index in [2.05, 4.69) is 5.32 Å². The van der Waals surface area contributed by atoms with E-state index in [1.54, 1.807) is 0 Å². The van der Waals surface area contributed by atoms with Crippen LogP contribution in [-0.2, 0) is 0 Å². The summed E-state index contributed by atoms with van der Waals surface area (Å²) in [4.78, 5) is 0. The van der Waals surface area contributed by atoms with Crippen LogP contribution < -0.4 is 5.32 Å². The highest BCUT2D eigenvalue weighted by Gasteiger charge is 2.30. The summed E-state index contributed by atoms with van der Waals surface area (Å²) in [7, 11) is 1.88. The molecule has 0 aromatic rings. The van der Waals surface area contributed by atoms with Crippen LogP contribution in [0, 0.1) is 0 Å². The molecule has 1 aliphatic carbocycles. The quantitative estimate of drug-likeness (QED) is 0.666. The molecule has 0 spiro atoms. The second-order valence-corrected chi connectivity index (χ2v) is 3.57. The van der Waals surface area contributed by atoms with Gasteiger partial charge in [-0.2, -0.15) is 0 Å². The van der Waals surface area contributed by atoms with Crippen LogP contribution in [-0.4, -0.2) is 19.3 Å². The Bertz CT molecular complexity index is 108. The van der Waals surface area contributed by atoms with Crippen molar-refractivity contribution in [2.45, 2.75) is 44.2 Å². The smallest absolute Gasteiger partial charge is 0.112 e. The SMILES string of the molecule is CNCCC1(F)CCCCC1. The lowest BCUT2D eigenvalue weighted by molar-refractivity contribution is 0.0970. The Balaban J connectivity index is 2.25. The van der Waals surface area contributed by atoms with Gasteiger partial charge in [0.25, 0.3) is 0 Å².